The Morgan fingerprint density at radius 1 is 0.907 bits per heavy atom. The predicted octanol–water partition coefficient (Wildman–Crippen LogP) is 4.53. The number of amides is 2. The molecule has 1 aliphatic carbocycles. The third kappa shape index (κ3) is 8.53. The van der Waals surface area contributed by atoms with Crippen molar-refractivity contribution in [3.8, 4) is 28.2 Å². The van der Waals surface area contributed by atoms with Gasteiger partial charge in [0.2, 0.25) is 0 Å². The summed E-state index contributed by atoms with van der Waals surface area (Å²) in [5, 5.41) is 32.6. The zero-order valence-electron chi connectivity index (χ0n) is 23.8. The number of carbonyl (C=O) groups excluding carboxylic acids is 1. The molecule has 0 spiro atoms. The number of rotatable bonds is 11. The minimum atomic E-state index is -2.10. The number of urea groups is 1. The maximum Gasteiger partial charge on any atom is 0.336 e. The van der Waals surface area contributed by atoms with Crippen LogP contribution >= 0.6 is 12.2 Å². The summed E-state index contributed by atoms with van der Waals surface area (Å²) >= 11 is 5.37. The summed E-state index contributed by atoms with van der Waals surface area (Å²) in [5.74, 6) is -0.924. The second kappa shape index (κ2) is 13.7. The molecular formula is C30H34N4O7SSi. The van der Waals surface area contributed by atoms with Gasteiger partial charge in [-0.3, -0.25) is 4.79 Å². The molecule has 13 heteroatoms. The average Bonchev–Trinajstić information content (AvgIpc) is 2.93. The van der Waals surface area contributed by atoms with Gasteiger partial charge in [-0.2, -0.15) is 0 Å². The first-order valence-electron chi connectivity index (χ1n) is 13.8. The van der Waals surface area contributed by atoms with E-state index in [1.807, 2.05) is 13.1 Å². The van der Waals surface area contributed by atoms with Crippen molar-refractivity contribution in [2.45, 2.75) is 32.0 Å². The SMILES string of the molecule is C[Si](C)(O)CCCNC(=O)NCCCNC(=S)Nc1ccc(-c2c3ccc(=O)cc-3oc3cc(O)ccc23)c(C(=O)O)c1. The van der Waals surface area contributed by atoms with E-state index in [9.17, 15) is 29.4 Å². The van der Waals surface area contributed by atoms with Gasteiger partial charge in [0, 0.05) is 54.0 Å². The number of aromatic hydroxyl groups is 1. The van der Waals surface area contributed by atoms with Gasteiger partial charge in [0.05, 0.1) is 5.56 Å². The smallest absolute Gasteiger partial charge is 0.336 e. The number of hydrogen-bond donors (Lipinski definition) is 7. The number of phenols is 1. The standard InChI is InChI=1S/C30H34N4O7SSi/c1-43(2,40)14-4-13-32-29(39)31-11-3-12-33-30(42)34-18-5-8-21(24(15-18)28(37)38)27-22-9-6-19(35)16-25(22)41-26-17-20(36)7-10-23(26)27/h5-10,15-17,35,40H,3-4,11-14H2,1-2H3,(H,37,38)(H2,31,32,39)(H2,33,34,42). The zero-order valence-corrected chi connectivity index (χ0v) is 25.6. The van der Waals surface area contributed by atoms with Gasteiger partial charge in [0.25, 0.3) is 0 Å². The van der Waals surface area contributed by atoms with Gasteiger partial charge in [-0.15, -0.1) is 0 Å². The number of thiocarbonyl (C=S) groups is 1. The molecule has 11 nitrogen and oxygen atoms in total. The molecule has 0 saturated heterocycles. The summed E-state index contributed by atoms with van der Waals surface area (Å²) in [4.78, 5) is 46.2. The Bertz CT molecular complexity index is 1690. The molecular weight excluding hydrogens is 589 g/mol. The number of carboxylic acids is 1. The van der Waals surface area contributed by atoms with Crippen LogP contribution in [0.1, 0.15) is 23.2 Å². The van der Waals surface area contributed by atoms with E-state index in [0.717, 1.165) is 12.5 Å². The van der Waals surface area contributed by atoms with Crippen molar-refractivity contribution >= 4 is 54.3 Å². The van der Waals surface area contributed by atoms with Gasteiger partial charge in [-0.1, -0.05) is 6.07 Å². The zero-order chi connectivity index (χ0) is 31.1. The lowest BCUT2D eigenvalue weighted by molar-refractivity contribution is 0.0697. The molecule has 4 rings (SSSR count). The van der Waals surface area contributed by atoms with Crippen LogP contribution in [0.3, 0.4) is 0 Å². The molecule has 2 aliphatic rings. The van der Waals surface area contributed by atoms with Gasteiger partial charge in [-0.05, 0) is 86.2 Å². The molecule has 0 fully saturated rings. The van der Waals surface area contributed by atoms with Gasteiger partial charge < -0.3 is 40.7 Å². The first-order chi connectivity index (χ1) is 20.4. The number of aromatic carboxylic acids is 1. The van der Waals surface area contributed by atoms with Gasteiger partial charge in [0.1, 0.15) is 17.1 Å². The molecule has 43 heavy (non-hydrogen) atoms. The lowest BCUT2D eigenvalue weighted by Gasteiger charge is -2.18. The highest BCUT2D eigenvalue weighted by Gasteiger charge is 2.22. The van der Waals surface area contributed by atoms with E-state index in [1.165, 1.54) is 30.3 Å². The number of hydrogen-bond acceptors (Lipinski definition) is 7. The van der Waals surface area contributed by atoms with Crippen molar-refractivity contribution in [2.24, 2.45) is 0 Å². The Morgan fingerprint density at radius 3 is 2.33 bits per heavy atom. The van der Waals surface area contributed by atoms with E-state index in [1.54, 1.807) is 24.3 Å². The highest BCUT2D eigenvalue weighted by Crippen LogP contribution is 2.42. The first kappa shape index (κ1) is 31.5. The molecule has 1 heterocycles. The number of benzene rings is 3. The Morgan fingerprint density at radius 2 is 1.60 bits per heavy atom. The molecule has 2 aromatic carbocycles. The number of carboxylic acid groups (broad SMARTS) is 1. The third-order valence-corrected chi connectivity index (χ3v) is 8.45. The van der Waals surface area contributed by atoms with E-state index in [0.29, 0.717) is 59.4 Å². The molecule has 0 bridgehead atoms. The molecule has 0 radical (unpaired) electrons. The van der Waals surface area contributed by atoms with Crippen LogP contribution in [0.5, 0.6) is 5.75 Å². The molecule has 1 aliphatic heterocycles. The molecule has 0 unspecified atom stereocenters. The largest absolute Gasteiger partial charge is 0.508 e. The summed E-state index contributed by atoms with van der Waals surface area (Å²) in [7, 11) is -2.10. The van der Waals surface area contributed by atoms with E-state index >= 15 is 0 Å². The van der Waals surface area contributed by atoms with Crippen LogP contribution in [0, 0.1) is 0 Å². The number of anilines is 1. The van der Waals surface area contributed by atoms with Crippen LogP contribution in [-0.2, 0) is 0 Å². The second-order valence-corrected chi connectivity index (χ2v) is 15.2. The fraction of sp³-hybridized carbons (Fsp3) is 0.267. The number of phenolic OH excluding ortho intramolecular Hbond substituents is 1. The molecule has 2 aromatic rings. The predicted molar refractivity (Wildman–Crippen MR) is 173 cm³/mol. The fourth-order valence-electron chi connectivity index (χ4n) is 4.62. The summed E-state index contributed by atoms with van der Waals surface area (Å²) in [6.07, 6.45) is 1.33. The fourth-order valence-corrected chi connectivity index (χ4v) is 5.88. The number of fused-ring (bicyclic) bond motifs is 2. The van der Waals surface area contributed by atoms with Crippen molar-refractivity contribution < 1.29 is 29.0 Å². The summed E-state index contributed by atoms with van der Waals surface area (Å²) < 4.78 is 5.87. The monoisotopic (exact) mass is 622 g/mol. The maximum atomic E-state index is 12.4. The first-order valence-corrected chi connectivity index (χ1v) is 17.3. The lowest BCUT2D eigenvalue weighted by Crippen LogP contribution is -2.38. The van der Waals surface area contributed by atoms with Crippen LogP contribution in [0.2, 0.25) is 19.1 Å². The van der Waals surface area contributed by atoms with Crippen molar-refractivity contribution in [3.05, 3.63) is 70.4 Å². The van der Waals surface area contributed by atoms with Gasteiger partial charge >= 0.3 is 12.0 Å². The Balaban J connectivity index is 1.41. The topological polar surface area (TPSA) is 173 Å². The highest BCUT2D eigenvalue weighted by molar-refractivity contribution is 7.80. The molecule has 0 aromatic heterocycles. The van der Waals surface area contributed by atoms with Gasteiger partial charge in [0.15, 0.2) is 18.9 Å². The Kier molecular flexibility index (Phi) is 10.0. The molecule has 226 valence electrons. The molecule has 7 N–H and O–H groups in total. The quantitative estimate of drug-likeness (QED) is 0.0545. The summed E-state index contributed by atoms with van der Waals surface area (Å²) in [6.45, 7) is 5.13. The molecule has 0 atom stereocenters. The van der Waals surface area contributed by atoms with Crippen LogP contribution in [0.25, 0.3) is 33.4 Å². The Labute approximate surface area is 254 Å². The van der Waals surface area contributed by atoms with Crippen LogP contribution in [0.15, 0.2) is 63.8 Å². The minimum absolute atomic E-state index is 0.000910. The van der Waals surface area contributed by atoms with E-state index in [2.05, 4.69) is 21.3 Å². The maximum absolute atomic E-state index is 12.4. The Hall–Kier alpha value is -4.46. The molecule has 2 amide bonds. The highest BCUT2D eigenvalue weighted by atomic mass is 32.1. The van der Waals surface area contributed by atoms with Crippen LogP contribution in [-0.4, -0.2) is 60.1 Å². The summed E-state index contributed by atoms with van der Waals surface area (Å²) in [6, 6.07) is 14.1. The minimum Gasteiger partial charge on any atom is -0.508 e. The third-order valence-electron chi connectivity index (χ3n) is 6.63. The van der Waals surface area contributed by atoms with Crippen LogP contribution < -0.4 is 26.7 Å². The summed E-state index contributed by atoms with van der Waals surface area (Å²) in [5.41, 5.74) is 2.00. The lowest BCUT2D eigenvalue weighted by atomic mass is 9.90. The average molecular weight is 623 g/mol. The van der Waals surface area contributed by atoms with E-state index in [4.69, 9.17) is 16.6 Å². The van der Waals surface area contributed by atoms with E-state index < -0.39 is 14.3 Å². The van der Waals surface area contributed by atoms with E-state index in [-0.39, 0.29) is 33.6 Å². The molecule has 0 saturated carbocycles. The van der Waals surface area contributed by atoms with Crippen molar-refractivity contribution in [3.63, 3.8) is 0 Å². The number of carbonyl (C=O) groups is 2. The van der Waals surface area contributed by atoms with Gasteiger partial charge in [-0.25, -0.2) is 9.59 Å². The second-order valence-electron chi connectivity index (χ2n) is 10.7. The van der Waals surface area contributed by atoms with Crippen molar-refractivity contribution in [2.75, 3.05) is 25.0 Å². The van der Waals surface area contributed by atoms with Crippen molar-refractivity contribution in [1.29, 1.82) is 0 Å². The number of nitrogens with one attached hydrogen (secondary N) is 4. The van der Waals surface area contributed by atoms with Crippen LogP contribution in [0.4, 0.5) is 10.5 Å². The normalized spacial score (nSPS) is 11.3. The van der Waals surface area contributed by atoms with Crippen molar-refractivity contribution in [1.82, 2.24) is 16.0 Å².